The highest BCUT2D eigenvalue weighted by atomic mass is 16.5. The molecule has 0 atom stereocenters. The van der Waals surface area contributed by atoms with Gasteiger partial charge in [0.1, 0.15) is 6.10 Å². The van der Waals surface area contributed by atoms with Crippen LogP contribution in [0.1, 0.15) is 105 Å². The molecule has 24 heavy (non-hydrogen) atoms. The van der Waals surface area contributed by atoms with Crippen molar-refractivity contribution in [2.75, 3.05) is 0 Å². The van der Waals surface area contributed by atoms with Crippen LogP contribution in [0.3, 0.4) is 0 Å². The maximum atomic E-state index is 11.9. The molecule has 0 aliphatic rings. The minimum Gasteiger partial charge on any atom is -0.462 e. The zero-order chi connectivity index (χ0) is 18.2. The first-order chi connectivity index (χ1) is 11.5. The number of unbranched alkanes of at least 4 members (excludes halogenated alkanes) is 8. The molecule has 0 rings (SSSR count). The van der Waals surface area contributed by atoms with Gasteiger partial charge in [0.15, 0.2) is 0 Å². The van der Waals surface area contributed by atoms with Crippen LogP contribution in [0.15, 0.2) is 12.2 Å². The van der Waals surface area contributed by atoms with Crippen molar-refractivity contribution in [2.24, 2.45) is 11.8 Å². The van der Waals surface area contributed by atoms with Gasteiger partial charge in [-0.05, 0) is 43.9 Å². The van der Waals surface area contributed by atoms with Crippen LogP contribution in [0.2, 0.25) is 0 Å². The molecule has 0 saturated heterocycles. The van der Waals surface area contributed by atoms with Crippen LogP contribution < -0.4 is 0 Å². The summed E-state index contributed by atoms with van der Waals surface area (Å²) in [6.45, 7) is 10.7. The number of rotatable bonds is 15. The van der Waals surface area contributed by atoms with E-state index in [1.54, 1.807) is 0 Å². The van der Waals surface area contributed by atoms with Crippen molar-refractivity contribution >= 4 is 5.97 Å². The van der Waals surface area contributed by atoms with Gasteiger partial charge in [-0.25, -0.2) is 0 Å². The van der Waals surface area contributed by atoms with Gasteiger partial charge in [0.25, 0.3) is 0 Å². The minimum absolute atomic E-state index is 0.0163. The smallest absolute Gasteiger partial charge is 0.306 e. The molecular formula is C22H42O2. The summed E-state index contributed by atoms with van der Waals surface area (Å²) < 4.78 is 5.63. The van der Waals surface area contributed by atoms with Gasteiger partial charge < -0.3 is 4.74 Å². The molecule has 0 fully saturated rings. The van der Waals surface area contributed by atoms with E-state index in [-0.39, 0.29) is 12.1 Å². The standard InChI is InChI=1S/C22H42O2/c1-6-7-8-9-10-11-12-13-14-15-16-17-18-21(23)24-22(19(2)3)20(4)5/h10-11,19-20,22H,6-9,12-18H2,1-5H3/b11-10-. The molecule has 0 bridgehead atoms. The molecule has 0 spiro atoms. The van der Waals surface area contributed by atoms with Crippen molar-refractivity contribution in [2.45, 2.75) is 111 Å². The molecule has 0 aliphatic carbocycles. The fourth-order valence-electron chi connectivity index (χ4n) is 3.06. The lowest BCUT2D eigenvalue weighted by atomic mass is 9.96. The molecule has 0 aromatic carbocycles. The molecule has 0 radical (unpaired) electrons. The van der Waals surface area contributed by atoms with Crippen LogP contribution in [-0.2, 0) is 9.53 Å². The van der Waals surface area contributed by atoms with Gasteiger partial charge in [-0.3, -0.25) is 4.79 Å². The molecular weight excluding hydrogens is 296 g/mol. The molecule has 2 heteroatoms. The lowest BCUT2D eigenvalue weighted by Gasteiger charge is -2.24. The van der Waals surface area contributed by atoms with Gasteiger partial charge in [-0.15, -0.1) is 0 Å². The second kappa shape index (κ2) is 15.7. The number of carbonyl (C=O) groups excluding carboxylic acids is 1. The Morgan fingerprint density at radius 1 is 0.792 bits per heavy atom. The molecule has 0 amide bonds. The van der Waals surface area contributed by atoms with Crippen molar-refractivity contribution in [3.63, 3.8) is 0 Å². The van der Waals surface area contributed by atoms with E-state index in [1.165, 1.54) is 51.4 Å². The van der Waals surface area contributed by atoms with E-state index in [0.717, 1.165) is 12.8 Å². The normalized spacial score (nSPS) is 12.0. The fourth-order valence-corrected chi connectivity index (χ4v) is 3.06. The van der Waals surface area contributed by atoms with Crippen molar-refractivity contribution in [3.8, 4) is 0 Å². The zero-order valence-electron chi connectivity index (χ0n) is 17.0. The molecule has 0 heterocycles. The van der Waals surface area contributed by atoms with E-state index in [2.05, 4.69) is 46.8 Å². The number of ether oxygens (including phenoxy) is 1. The van der Waals surface area contributed by atoms with Crippen LogP contribution in [0.4, 0.5) is 0 Å². The van der Waals surface area contributed by atoms with Gasteiger partial charge in [0.2, 0.25) is 0 Å². The van der Waals surface area contributed by atoms with Crippen molar-refractivity contribution in [3.05, 3.63) is 12.2 Å². The predicted octanol–water partition coefficient (Wildman–Crippen LogP) is 7.08. The van der Waals surface area contributed by atoms with Crippen LogP contribution in [-0.4, -0.2) is 12.1 Å². The molecule has 142 valence electrons. The third-order valence-electron chi connectivity index (χ3n) is 4.47. The Morgan fingerprint density at radius 2 is 1.29 bits per heavy atom. The Labute approximate surface area is 151 Å². The molecule has 0 saturated carbocycles. The summed E-state index contributed by atoms with van der Waals surface area (Å²) in [5, 5.41) is 0. The quantitative estimate of drug-likeness (QED) is 0.181. The molecule has 0 aromatic heterocycles. The highest BCUT2D eigenvalue weighted by Crippen LogP contribution is 2.17. The summed E-state index contributed by atoms with van der Waals surface area (Å²) in [6, 6.07) is 0. The van der Waals surface area contributed by atoms with Gasteiger partial charge >= 0.3 is 5.97 Å². The fraction of sp³-hybridized carbons (Fsp3) is 0.864. The Kier molecular flexibility index (Phi) is 15.2. The van der Waals surface area contributed by atoms with Crippen LogP contribution in [0.5, 0.6) is 0 Å². The lowest BCUT2D eigenvalue weighted by Crippen LogP contribution is -2.28. The second-order valence-corrected chi connectivity index (χ2v) is 7.72. The number of hydrogen-bond donors (Lipinski definition) is 0. The lowest BCUT2D eigenvalue weighted by molar-refractivity contribution is -0.154. The zero-order valence-corrected chi connectivity index (χ0v) is 17.0. The van der Waals surface area contributed by atoms with E-state index in [9.17, 15) is 4.79 Å². The number of allylic oxidation sites excluding steroid dienone is 2. The molecule has 0 N–H and O–H groups in total. The third-order valence-corrected chi connectivity index (χ3v) is 4.47. The van der Waals surface area contributed by atoms with Crippen LogP contribution >= 0.6 is 0 Å². The first-order valence-electron chi connectivity index (χ1n) is 10.3. The Hall–Kier alpha value is -0.790. The number of esters is 1. The van der Waals surface area contributed by atoms with E-state index >= 15 is 0 Å². The molecule has 0 aliphatic heterocycles. The first kappa shape index (κ1) is 23.2. The van der Waals surface area contributed by atoms with Crippen molar-refractivity contribution < 1.29 is 9.53 Å². The van der Waals surface area contributed by atoms with Crippen LogP contribution in [0, 0.1) is 11.8 Å². The maximum Gasteiger partial charge on any atom is 0.306 e. The van der Waals surface area contributed by atoms with Crippen molar-refractivity contribution in [1.82, 2.24) is 0 Å². The summed E-state index contributed by atoms with van der Waals surface area (Å²) in [6.07, 6.45) is 17.6. The Balaban J connectivity index is 3.51. The summed E-state index contributed by atoms with van der Waals surface area (Å²) in [5.74, 6) is 0.769. The monoisotopic (exact) mass is 338 g/mol. The molecule has 2 nitrogen and oxygen atoms in total. The largest absolute Gasteiger partial charge is 0.462 e. The summed E-state index contributed by atoms with van der Waals surface area (Å²) in [5.41, 5.74) is 0. The second-order valence-electron chi connectivity index (χ2n) is 7.72. The molecule has 0 unspecified atom stereocenters. The highest BCUT2D eigenvalue weighted by Gasteiger charge is 2.21. The van der Waals surface area contributed by atoms with Gasteiger partial charge in [-0.2, -0.15) is 0 Å². The van der Waals surface area contributed by atoms with E-state index in [0.29, 0.717) is 18.3 Å². The summed E-state index contributed by atoms with van der Waals surface area (Å²) in [7, 11) is 0. The first-order valence-corrected chi connectivity index (χ1v) is 10.3. The maximum absolute atomic E-state index is 11.9. The average Bonchev–Trinajstić information content (AvgIpc) is 2.53. The average molecular weight is 339 g/mol. The van der Waals surface area contributed by atoms with E-state index < -0.39 is 0 Å². The summed E-state index contributed by atoms with van der Waals surface area (Å²) in [4.78, 5) is 11.9. The highest BCUT2D eigenvalue weighted by molar-refractivity contribution is 5.69. The topological polar surface area (TPSA) is 26.3 Å². The van der Waals surface area contributed by atoms with Gasteiger partial charge in [0.05, 0.1) is 0 Å². The third kappa shape index (κ3) is 13.6. The number of carbonyl (C=O) groups is 1. The van der Waals surface area contributed by atoms with Gasteiger partial charge in [0, 0.05) is 6.42 Å². The predicted molar refractivity (Wildman–Crippen MR) is 105 cm³/mol. The minimum atomic E-state index is -0.0163. The SMILES string of the molecule is CCCCC/C=C\CCCCCCCC(=O)OC(C(C)C)C(C)C. The molecule has 0 aromatic rings. The summed E-state index contributed by atoms with van der Waals surface area (Å²) >= 11 is 0. The van der Waals surface area contributed by atoms with E-state index in [4.69, 9.17) is 4.74 Å². The van der Waals surface area contributed by atoms with Gasteiger partial charge in [-0.1, -0.05) is 78.9 Å². The van der Waals surface area contributed by atoms with Crippen molar-refractivity contribution in [1.29, 1.82) is 0 Å². The number of hydrogen-bond acceptors (Lipinski definition) is 2. The van der Waals surface area contributed by atoms with E-state index in [1.807, 2.05) is 0 Å². The van der Waals surface area contributed by atoms with Crippen LogP contribution in [0.25, 0.3) is 0 Å². The Bertz CT molecular complexity index is 310. The Morgan fingerprint density at radius 3 is 1.83 bits per heavy atom.